The van der Waals surface area contributed by atoms with E-state index in [0.29, 0.717) is 55.7 Å². The molecule has 42 heavy (non-hydrogen) atoms. The number of allylic oxidation sites excluding steroid dienone is 2. The highest BCUT2D eigenvalue weighted by Gasteiger charge is 2.22. The van der Waals surface area contributed by atoms with Gasteiger partial charge in [-0.15, -0.1) is 0 Å². The van der Waals surface area contributed by atoms with Crippen LogP contribution in [0.15, 0.2) is 28.5 Å². The van der Waals surface area contributed by atoms with Crippen LogP contribution in [0.4, 0.5) is 45.5 Å². The third-order valence-corrected chi connectivity index (χ3v) is 6.84. The van der Waals surface area contributed by atoms with Gasteiger partial charge in [0.15, 0.2) is 0 Å². The van der Waals surface area contributed by atoms with Crippen LogP contribution in [0, 0.1) is 6.92 Å². The Balaban J connectivity index is 2.69. The average Bonchev–Trinajstić information content (AvgIpc) is 2.92. The Morgan fingerprint density at radius 3 is 1.57 bits per heavy atom. The van der Waals surface area contributed by atoms with Gasteiger partial charge in [-0.05, 0) is 40.2 Å². The third kappa shape index (κ3) is 5.86. The zero-order chi connectivity index (χ0) is 32.4. The van der Waals surface area contributed by atoms with Crippen molar-refractivity contribution in [2.75, 3.05) is 52.0 Å². The fraction of sp³-hybridized carbons (Fsp3) is 0.231. The number of nitrogen functional groups attached to an aromatic ring is 7. The molecule has 0 aromatic heterocycles. The minimum absolute atomic E-state index is 0.0341. The number of nitrogens with two attached hydrogens (primary N) is 13. The van der Waals surface area contributed by atoms with Gasteiger partial charge in [0.05, 0.1) is 74.8 Å². The summed E-state index contributed by atoms with van der Waals surface area (Å²) in [4.78, 5) is 0. The van der Waals surface area contributed by atoms with E-state index in [9.17, 15) is 0 Å². The zero-order valence-corrected chi connectivity index (χ0v) is 24.7. The minimum Gasteiger partial charge on any atom is -0.402 e. The first-order valence-corrected chi connectivity index (χ1v) is 12.7. The van der Waals surface area contributed by atoms with Gasteiger partial charge in [0.1, 0.15) is 0 Å². The lowest BCUT2D eigenvalue weighted by Crippen LogP contribution is -2.42. The molecule has 0 saturated carbocycles. The molecule has 0 aliphatic carbocycles. The second-order valence-electron chi connectivity index (χ2n) is 10.0. The Hall–Kier alpha value is -5.80. The van der Waals surface area contributed by atoms with E-state index in [1.807, 2.05) is 0 Å². The van der Waals surface area contributed by atoms with E-state index >= 15 is 0 Å². The summed E-state index contributed by atoms with van der Waals surface area (Å²) in [5, 5.41) is 4.00. The molecule has 2 aromatic rings. The van der Waals surface area contributed by atoms with Crippen molar-refractivity contribution in [1.29, 1.82) is 0 Å². The maximum atomic E-state index is 6.63. The molecule has 29 N–H and O–H groups in total. The van der Waals surface area contributed by atoms with Crippen LogP contribution in [0.25, 0.3) is 17.1 Å². The molecule has 2 aromatic carbocycles. The zero-order valence-electron chi connectivity index (χ0n) is 24.7. The molecular formula is C26H46N16. The van der Waals surface area contributed by atoms with Crippen LogP contribution in [-0.4, -0.2) is 6.54 Å². The summed E-state index contributed by atoms with van der Waals surface area (Å²) in [7, 11) is 0. The second kappa shape index (κ2) is 12.2. The highest BCUT2D eigenvalue weighted by atomic mass is 15.4. The Kier molecular flexibility index (Phi) is 9.38. The van der Waals surface area contributed by atoms with E-state index in [2.05, 4.69) is 16.2 Å². The van der Waals surface area contributed by atoms with Crippen LogP contribution in [-0.2, 0) is 0 Å². The number of hydrazine groups is 1. The Morgan fingerprint density at radius 2 is 1.10 bits per heavy atom. The van der Waals surface area contributed by atoms with E-state index in [1.165, 1.54) is 0 Å². The Labute approximate surface area is 244 Å². The predicted molar refractivity (Wildman–Crippen MR) is 178 cm³/mol. The standard InChI is InChI=1S/C26H46N16/c1-7-13(21(36)26(24(39)16(7)31)40-6-12(30)18(33)17(32)9(3)28)25(10(4)29)42-41-11(5)15-14(8(2)27)19(34)22(37)23(38)20(15)35/h40-42H,6,27-39H2,1-5H3/b14-8-,15-11-,17-9-,18-12-,25-10-. The molecule has 0 aliphatic rings. The predicted octanol–water partition coefficient (Wildman–Crippen LogP) is -2.58. The summed E-state index contributed by atoms with van der Waals surface area (Å²) < 4.78 is 0. The monoisotopic (exact) mass is 582 g/mol. The van der Waals surface area contributed by atoms with Crippen LogP contribution in [0.3, 0.4) is 0 Å². The fourth-order valence-electron chi connectivity index (χ4n) is 4.33. The van der Waals surface area contributed by atoms with Crippen LogP contribution in [0.1, 0.15) is 38.8 Å². The third-order valence-electron chi connectivity index (χ3n) is 6.84. The van der Waals surface area contributed by atoms with Crippen molar-refractivity contribution in [2.24, 2.45) is 34.4 Å². The van der Waals surface area contributed by atoms with Gasteiger partial charge in [0.25, 0.3) is 0 Å². The van der Waals surface area contributed by atoms with Crippen molar-refractivity contribution in [3.05, 3.63) is 50.0 Å². The summed E-state index contributed by atoms with van der Waals surface area (Å²) in [5.74, 6) is 0. The lowest BCUT2D eigenvalue weighted by atomic mass is 9.97. The summed E-state index contributed by atoms with van der Waals surface area (Å²) in [6.07, 6.45) is 0. The molecule has 0 radical (unpaired) electrons. The van der Waals surface area contributed by atoms with Gasteiger partial charge in [-0.3, -0.25) is 5.43 Å². The topological polar surface area (TPSA) is 374 Å². The molecule has 0 spiro atoms. The summed E-state index contributed by atoms with van der Waals surface area (Å²) >= 11 is 0. The van der Waals surface area contributed by atoms with Gasteiger partial charge in [-0.1, -0.05) is 0 Å². The molecule has 0 amide bonds. The van der Waals surface area contributed by atoms with Crippen molar-refractivity contribution in [1.82, 2.24) is 10.9 Å². The van der Waals surface area contributed by atoms with Crippen LogP contribution in [0.2, 0.25) is 0 Å². The Bertz CT molecular complexity index is 1630. The first-order chi connectivity index (χ1) is 19.4. The molecule has 0 aliphatic heterocycles. The summed E-state index contributed by atoms with van der Waals surface area (Å²) in [6.45, 7) is 8.50. The fourth-order valence-corrected chi connectivity index (χ4v) is 4.33. The van der Waals surface area contributed by atoms with Crippen molar-refractivity contribution < 1.29 is 0 Å². The van der Waals surface area contributed by atoms with E-state index in [-0.39, 0.29) is 63.4 Å². The largest absolute Gasteiger partial charge is 0.402 e. The molecule has 0 heterocycles. The van der Waals surface area contributed by atoms with Gasteiger partial charge in [-0.2, -0.15) is 0 Å². The van der Waals surface area contributed by atoms with Gasteiger partial charge in [-0.25, -0.2) is 0 Å². The lowest BCUT2D eigenvalue weighted by molar-refractivity contribution is 0.797. The van der Waals surface area contributed by atoms with E-state index in [4.69, 9.17) is 74.5 Å². The normalized spacial score (nSPS) is 14.7. The van der Waals surface area contributed by atoms with Gasteiger partial charge < -0.3 is 85.3 Å². The van der Waals surface area contributed by atoms with Crippen LogP contribution >= 0.6 is 0 Å². The molecule has 230 valence electrons. The number of nitrogens with one attached hydrogen (secondary N) is 3. The molecule has 0 saturated heterocycles. The number of hydrogen-bond acceptors (Lipinski definition) is 16. The minimum atomic E-state index is 0.0341. The quantitative estimate of drug-likeness (QED) is 0.0862. The molecular weight excluding hydrogens is 536 g/mol. The number of hydrogen-bond donors (Lipinski definition) is 16. The summed E-state index contributed by atoms with van der Waals surface area (Å²) in [5.41, 5.74) is 91.8. The van der Waals surface area contributed by atoms with Gasteiger partial charge in [0, 0.05) is 38.8 Å². The highest BCUT2D eigenvalue weighted by Crippen LogP contribution is 2.41. The summed E-state index contributed by atoms with van der Waals surface area (Å²) in [6, 6.07) is 0. The average molecular weight is 583 g/mol. The number of anilines is 8. The molecule has 0 fully saturated rings. The van der Waals surface area contributed by atoms with Gasteiger partial charge >= 0.3 is 0 Å². The molecule has 2 rings (SSSR count). The molecule has 16 heteroatoms. The van der Waals surface area contributed by atoms with Crippen molar-refractivity contribution in [2.45, 2.75) is 34.6 Å². The van der Waals surface area contributed by atoms with E-state index in [0.717, 1.165) is 0 Å². The SMILES string of the molecule is C/C(N)=C(N)\C(N)=C(\N)CNc1c(N)c(N)c(C)c(/C(NN/C(C)=c2\c(N)c(N)c(N)c(N)\c2=C(\C)N)=C(\C)N)c1N. The molecule has 0 unspecified atom stereocenters. The van der Waals surface area contributed by atoms with Crippen molar-refractivity contribution >= 4 is 62.6 Å². The van der Waals surface area contributed by atoms with Crippen molar-refractivity contribution in [3.8, 4) is 0 Å². The first kappa shape index (κ1) is 32.4. The van der Waals surface area contributed by atoms with Crippen molar-refractivity contribution in [3.63, 3.8) is 0 Å². The van der Waals surface area contributed by atoms with Crippen LogP contribution in [0.5, 0.6) is 0 Å². The number of rotatable bonds is 8. The maximum absolute atomic E-state index is 6.63. The smallest absolute Gasteiger partial charge is 0.0839 e. The Morgan fingerprint density at radius 1 is 0.571 bits per heavy atom. The van der Waals surface area contributed by atoms with E-state index in [1.54, 1.807) is 34.6 Å². The van der Waals surface area contributed by atoms with Crippen LogP contribution < -0.4 is 101 Å². The molecule has 0 bridgehead atoms. The molecule has 16 nitrogen and oxygen atoms in total. The second-order valence-corrected chi connectivity index (χ2v) is 10.0. The number of benzene rings is 2. The first-order valence-electron chi connectivity index (χ1n) is 12.7. The highest BCUT2D eigenvalue weighted by molar-refractivity contribution is 5.98. The van der Waals surface area contributed by atoms with Gasteiger partial charge in [0.2, 0.25) is 0 Å². The lowest BCUT2D eigenvalue weighted by Gasteiger charge is -2.24. The maximum Gasteiger partial charge on any atom is 0.0839 e. The van der Waals surface area contributed by atoms with E-state index < -0.39 is 0 Å². The molecule has 0 atom stereocenters.